The molecule has 1 saturated heterocycles. The summed E-state index contributed by atoms with van der Waals surface area (Å²) in [6, 6.07) is 16.1. The third kappa shape index (κ3) is 3.62. The smallest absolute Gasteiger partial charge is 0.214 e. The van der Waals surface area contributed by atoms with Crippen LogP contribution in [0.2, 0.25) is 0 Å². The molecule has 4 rings (SSSR count). The lowest BCUT2D eigenvalue weighted by atomic mass is 10.1. The van der Waals surface area contributed by atoms with Crippen LogP contribution < -0.4 is 4.90 Å². The van der Waals surface area contributed by atoms with Crippen molar-refractivity contribution in [2.75, 3.05) is 31.2 Å². The van der Waals surface area contributed by atoms with Crippen molar-refractivity contribution in [1.82, 2.24) is 4.98 Å². The molecule has 126 valence electrons. The highest BCUT2D eigenvalue weighted by Crippen LogP contribution is 2.22. The number of ketones is 1. The quantitative estimate of drug-likeness (QED) is 0.526. The number of morpholine rings is 1. The Balaban J connectivity index is 1.46. The van der Waals surface area contributed by atoms with Crippen LogP contribution in [-0.4, -0.2) is 37.1 Å². The van der Waals surface area contributed by atoms with Gasteiger partial charge in [0.2, 0.25) is 5.78 Å². The maximum absolute atomic E-state index is 12.3. The molecule has 0 atom stereocenters. The van der Waals surface area contributed by atoms with Gasteiger partial charge in [-0.15, -0.1) is 11.3 Å². The van der Waals surface area contributed by atoms with Gasteiger partial charge in [-0.05, 0) is 35.9 Å². The maximum atomic E-state index is 12.3. The molecule has 5 heteroatoms. The number of carbonyl (C=O) groups excluding carboxylic acids is 1. The number of nitrogens with zero attached hydrogens (tertiary/aromatic N) is 2. The third-order valence-corrected chi connectivity index (χ3v) is 5.25. The standard InChI is InChI=1S/C20H18N2O2S/c23-18(20-21-17-3-1-2-4-19(17)25-20)10-7-15-5-8-16(9-6-15)22-11-13-24-14-12-22/h1-10H,11-14H2/b10-7+. The second-order valence-corrected chi connectivity index (χ2v) is 6.91. The fourth-order valence-electron chi connectivity index (χ4n) is 2.84. The predicted octanol–water partition coefficient (Wildman–Crippen LogP) is 4.03. The molecule has 1 fully saturated rings. The number of fused-ring (bicyclic) bond motifs is 1. The number of aromatic nitrogens is 1. The lowest BCUT2D eigenvalue weighted by Crippen LogP contribution is -2.36. The summed E-state index contributed by atoms with van der Waals surface area (Å²) in [7, 11) is 0. The molecule has 0 saturated carbocycles. The third-order valence-electron chi connectivity index (χ3n) is 4.20. The molecule has 0 unspecified atom stereocenters. The van der Waals surface area contributed by atoms with Crippen molar-refractivity contribution in [1.29, 1.82) is 0 Å². The van der Waals surface area contributed by atoms with E-state index in [0.29, 0.717) is 5.01 Å². The van der Waals surface area contributed by atoms with Crippen molar-refractivity contribution in [3.05, 3.63) is 65.2 Å². The topological polar surface area (TPSA) is 42.4 Å². The maximum Gasteiger partial charge on any atom is 0.214 e. The number of para-hydroxylation sites is 1. The van der Waals surface area contributed by atoms with Gasteiger partial charge in [0.05, 0.1) is 23.4 Å². The van der Waals surface area contributed by atoms with E-state index in [2.05, 4.69) is 22.0 Å². The Morgan fingerprint density at radius 1 is 1.08 bits per heavy atom. The number of carbonyl (C=O) groups is 1. The molecule has 3 aromatic rings. The molecule has 0 N–H and O–H groups in total. The van der Waals surface area contributed by atoms with E-state index in [1.165, 1.54) is 17.0 Å². The minimum atomic E-state index is -0.0570. The summed E-state index contributed by atoms with van der Waals surface area (Å²) in [5.41, 5.74) is 3.07. The van der Waals surface area contributed by atoms with E-state index in [0.717, 1.165) is 42.1 Å². The van der Waals surface area contributed by atoms with Crippen molar-refractivity contribution >= 4 is 39.1 Å². The highest BCUT2D eigenvalue weighted by molar-refractivity contribution is 7.20. The van der Waals surface area contributed by atoms with E-state index in [9.17, 15) is 4.79 Å². The SMILES string of the molecule is O=C(/C=C/c1ccc(N2CCOCC2)cc1)c1nc2ccccc2s1. The zero-order chi connectivity index (χ0) is 17.1. The molecule has 2 aromatic carbocycles. The van der Waals surface area contributed by atoms with Gasteiger partial charge in [-0.25, -0.2) is 4.98 Å². The largest absolute Gasteiger partial charge is 0.378 e. The second kappa shape index (κ2) is 7.17. The van der Waals surface area contributed by atoms with E-state index >= 15 is 0 Å². The number of anilines is 1. The Hall–Kier alpha value is -2.50. The molecule has 0 amide bonds. The predicted molar refractivity (Wildman–Crippen MR) is 102 cm³/mol. The molecule has 1 aliphatic heterocycles. The van der Waals surface area contributed by atoms with Crippen LogP contribution in [0.1, 0.15) is 15.4 Å². The number of rotatable bonds is 4. The number of benzene rings is 2. The van der Waals surface area contributed by atoms with Gasteiger partial charge in [0, 0.05) is 18.8 Å². The average molecular weight is 350 g/mol. The van der Waals surface area contributed by atoms with E-state index in [-0.39, 0.29) is 5.78 Å². The number of hydrogen-bond acceptors (Lipinski definition) is 5. The molecular formula is C20H18N2O2S. The lowest BCUT2D eigenvalue weighted by molar-refractivity contribution is 0.104. The Morgan fingerprint density at radius 3 is 2.60 bits per heavy atom. The Morgan fingerprint density at radius 2 is 1.84 bits per heavy atom. The lowest BCUT2D eigenvalue weighted by Gasteiger charge is -2.28. The molecule has 25 heavy (non-hydrogen) atoms. The van der Waals surface area contributed by atoms with Crippen molar-refractivity contribution in [2.45, 2.75) is 0 Å². The summed E-state index contributed by atoms with van der Waals surface area (Å²) >= 11 is 1.43. The van der Waals surface area contributed by atoms with Gasteiger partial charge in [0.15, 0.2) is 5.01 Å². The zero-order valence-electron chi connectivity index (χ0n) is 13.7. The minimum Gasteiger partial charge on any atom is -0.378 e. The van der Waals surface area contributed by atoms with Crippen LogP contribution in [0, 0.1) is 0 Å². The number of allylic oxidation sites excluding steroid dienone is 1. The van der Waals surface area contributed by atoms with Crippen LogP contribution in [0.5, 0.6) is 0 Å². The van der Waals surface area contributed by atoms with E-state index < -0.39 is 0 Å². The molecule has 1 aliphatic rings. The number of ether oxygens (including phenoxy) is 1. The molecule has 0 aliphatic carbocycles. The van der Waals surface area contributed by atoms with Crippen LogP contribution in [0.3, 0.4) is 0 Å². The highest BCUT2D eigenvalue weighted by atomic mass is 32.1. The Kier molecular flexibility index (Phi) is 4.59. The molecule has 0 radical (unpaired) electrons. The van der Waals surface area contributed by atoms with Gasteiger partial charge < -0.3 is 9.64 Å². The fourth-order valence-corrected chi connectivity index (χ4v) is 3.72. The first-order valence-electron chi connectivity index (χ1n) is 8.30. The minimum absolute atomic E-state index is 0.0570. The van der Waals surface area contributed by atoms with Crippen molar-refractivity contribution in [3.8, 4) is 0 Å². The molecule has 2 heterocycles. The zero-order valence-corrected chi connectivity index (χ0v) is 14.5. The van der Waals surface area contributed by atoms with Crippen LogP contribution in [0.25, 0.3) is 16.3 Å². The van der Waals surface area contributed by atoms with Gasteiger partial charge in [-0.1, -0.05) is 30.3 Å². The normalized spacial score (nSPS) is 15.1. The first kappa shape index (κ1) is 16.0. The van der Waals surface area contributed by atoms with E-state index in [1.807, 2.05) is 42.5 Å². The van der Waals surface area contributed by atoms with Crippen LogP contribution in [0.15, 0.2) is 54.6 Å². The fraction of sp³-hybridized carbons (Fsp3) is 0.200. The molecule has 0 bridgehead atoms. The van der Waals surface area contributed by atoms with Gasteiger partial charge >= 0.3 is 0 Å². The summed E-state index contributed by atoms with van der Waals surface area (Å²) < 4.78 is 6.41. The number of hydrogen-bond donors (Lipinski definition) is 0. The number of thiazole rings is 1. The monoisotopic (exact) mass is 350 g/mol. The molecule has 1 aromatic heterocycles. The summed E-state index contributed by atoms with van der Waals surface area (Å²) in [4.78, 5) is 19.0. The first-order valence-corrected chi connectivity index (χ1v) is 9.12. The summed E-state index contributed by atoms with van der Waals surface area (Å²) in [6.07, 6.45) is 3.44. The average Bonchev–Trinajstić information content (AvgIpc) is 3.11. The molecular weight excluding hydrogens is 332 g/mol. The van der Waals surface area contributed by atoms with Gasteiger partial charge in [-0.2, -0.15) is 0 Å². The highest BCUT2D eigenvalue weighted by Gasteiger charge is 2.11. The van der Waals surface area contributed by atoms with Crippen LogP contribution >= 0.6 is 11.3 Å². The summed E-state index contributed by atoms with van der Waals surface area (Å²) in [5.74, 6) is -0.0570. The van der Waals surface area contributed by atoms with Crippen LogP contribution in [-0.2, 0) is 4.74 Å². The van der Waals surface area contributed by atoms with Crippen molar-refractivity contribution in [2.24, 2.45) is 0 Å². The van der Waals surface area contributed by atoms with E-state index in [1.54, 1.807) is 6.08 Å². The van der Waals surface area contributed by atoms with Gasteiger partial charge in [0.1, 0.15) is 0 Å². The van der Waals surface area contributed by atoms with Crippen LogP contribution in [0.4, 0.5) is 5.69 Å². The first-order chi connectivity index (χ1) is 12.3. The summed E-state index contributed by atoms with van der Waals surface area (Å²) in [6.45, 7) is 3.40. The second-order valence-electron chi connectivity index (χ2n) is 5.88. The summed E-state index contributed by atoms with van der Waals surface area (Å²) in [5, 5.41) is 0.530. The Labute approximate surface area is 150 Å². The van der Waals surface area contributed by atoms with Gasteiger partial charge in [-0.3, -0.25) is 4.79 Å². The molecule has 0 spiro atoms. The van der Waals surface area contributed by atoms with Crippen molar-refractivity contribution in [3.63, 3.8) is 0 Å². The van der Waals surface area contributed by atoms with E-state index in [4.69, 9.17) is 4.74 Å². The molecule has 4 nitrogen and oxygen atoms in total. The van der Waals surface area contributed by atoms with Gasteiger partial charge in [0.25, 0.3) is 0 Å². The van der Waals surface area contributed by atoms with Crippen molar-refractivity contribution < 1.29 is 9.53 Å². The Bertz CT molecular complexity index is 876.